The second-order valence-electron chi connectivity index (χ2n) is 8.07. The maximum absolute atomic E-state index is 13.0. The van der Waals surface area contributed by atoms with Gasteiger partial charge in [-0.2, -0.15) is 0 Å². The summed E-state index contributed by atoms with van der Waals surface area (Å²) in [5.41, 5.74) is 3.79. The van der Waals surface area contributed by atoms with E-state index in [9.17, 15) is 13.2 Å². The van der Waals surface area contributed by atoms with Gasteiger partial charge in [0.15, 0.2) is 0 Å². The fourth-order valence-electron chi connectivity index (χ4n) is 3.76. The normalized spacial score (nSPS) is 14.8. The third-order valence-electron chi connectivity index (χ3n) is 5.35. The fraction of sp³-hybridized carbons (Fsp3) is 0.435. The van der Waals surface area contributed by atoms with E-state index < -0.39 is 16.1 Å². The average molecular weight is 431 g/mol. The number of rotatable bonds is 7. The molecule has 1 amide bonds. The molecule has 2 aromatic carbocycles. The van der Waals surface area contributed by atoms with Crippen molar-refractivity contribution in [3.8, 4) is 5.75 Å². The molecule has 1 aliphatic carbocycles. The van der Waals surface area contributed by atoms with E-state index >= 15 is 0 Å². The standard InChI is InChI=1S/C23H30N2O4S/c1-15(2)24-23(26)21-14-20(11-12-22(21)29-4)30(27,28)25-16(3)18-10-9-17-7-5-6-8-19(17)13-18/h9-16,25H,5-8H2,1-4H3,(H,24,26)/t16-/m1/s1. The molecule has 3 rings (SSSR count). The van der Waals surface area contributed by atoms with Crippen LogP contribution in [-0.2, 0) is 22.9 Å². The number of methoxy groups -OCH3 is 1. The molecule has 6 nitrogen and oxygen atoms in total. The summed E-state index contributed by atoms with van der Waals surface area (Å²) in [6, 6.07) is 10.1. The monoisotopic (exact) mass is 430 g/mol. The zero-order valence-electron chi connectivity index (χ0n) is 18.0. The number of amides is 1. The highest BCUT2D eigenvalue weighted by atomic mass is 32.2. The van der Waals surface area contributed by atoms with Crippen molar-refractivity contribution in [3.05, 3.63) is 58.7 Å². The van der Waals surface area contributed by atoms with Gasteiger partial charge in [0.2, 0.25) is 10.0 Å². The van der Waals surface area contributed by atoms with Crippen LogP contribution in [0, 0.1) is 0 Å². The molecule has 162 valence electrons. The van der Waals surface area contributed by atoms with E-state index in [-0.39, 0.29) is 22.4 Å². The third kappa shape index (κ3) is 5.02. The minimum atomic E-state index is -3.82. The highest BCUT2D eigenvalue weighted by molar-refractivity contribution is 7.89. The Labute approximate surface area is 179 Å². The van der Waals surface area contributed by atoms with Crippen molar-refractivity contribution in [2.45, 2.75) is 63.4 Å². The van der Waals surface area contributed by atoms with Gasteiger partial charge in [-0.15, -0.1) is 0 Å². The minimum Gasteiger partial charge on any atom is -0.496 e. The number of hydrogen-bond donors (Lipinski definition) is 2. The minimum absolute atomic E-state index is 0.0296. The highest BCUT2D eigenvalue weighted by Gasteiger charge is 2.23. The predicted molar refractivity (Wildman–Crippen MR) is 117 cm³/mol. The summed E-state index contributed by atoms with van der Waals surface area (Å²) < 4.78 is 34.0. The molecule has 2 aromatic rings. The molecular weight excluding hydrogens is 400 g/mol. The Morgan fingerprint density at radius 3 is 2.37 bits per heavy atom. The second-order valence-corrected chi connectivity index (χ2v) is 9.78. The Hall–Kier alpha value is -2.38. The summed E-state index contributed by atoms with van der Waals surface area (Å²) >= 11 is 0. The van der Waals surface area contributed by atoms with E-state index in [4.69, 9.17) is 4.74 Å². The van der Waals surface area contributed by atoms with Crippen molar-refractivity contribution >= 4 is 15.9 Å². The number of sulfonamides is 1. The number of benzene rings is 2. The summed E-state index contributed by atoms with van der Waals surface area (Å²) in [5, 5.41) is 2.77. The van der Waals surface area contributed by atoms with Crippen molar-refractivity contribution in [1.82, 2.24) is 10.0 Å². The zero-order valence-corrected chi connectivity index (χ0v) is 18.8. The third-order valence-corrected chi connectivity index (χ3v) is 6.89. The molecule has 0 heterocycles. The van der Waals surface area contributed by atoms with Gasteiger partial charge in [-0.3, -0.25) is 4.79 Å². The molecule has 0 aromatic heterocycles. The molecule has 0 bridgehead atoms. The Morgan fingerprint density at radius 1 is 1.00 bits per heavy atom. The Bertz CT molecular complexity index is 1030. The lowest BCUT2D eigenvalue weighted by Gasteiger charge is -2.20. The van der Waals surface area contributed by atoms with Crippen molar-refractivity contribution < 1.29 is 17.9 Å². The van der Waals surface area contributed by atoms with Crippen LogP contribution in [0.3, 0.4) is 0 Å². The molecule has 1 atom stereocenters. The van der Waals surface area contributed by atoms with Crippen LogP contribution in [-0.4, -0.2) is 27.5 Å². The van der Waals surface area contributed by atoms with Crippen LogP contribution in [0.5, 0.6) is 5.75 Å². The van der Waals surface area contributed by atoms with Crippen LogP contribution in [0.2, 0.25) is 0 Å². The van der Waals surface area contributed by atoms with Gasteiger partial charge in [-0.25, -0.2) is 13.1 Å². The number of fused-ring (bicyclic) bond motifs is 1. The van der Waals surface area contributed by atoms with Crippen LogP contribution in [0.4, 0.5) is 0 Å². The molecule has 0 radical (unpaired) electrons. The molecule has 0 saturated carbocycles. The lowest BCUT2D eigenvalue weighted by Crippen LogP contribution is -2.31. The van der Waals surface area contributed by atoms with Gasteiger partial charge < -0.3 is 10.1 Å². The Balaban J connectivity index is 1.85. The lowest BCUT2D eigenvalue weighted by atomic mass is 9.89. The van der Waals surface area contributed by atoms with Gasteiger partial charge in [-0.1, -0.05) is 18.2 Å². The molecule has 7 heteroatoms. The lowest BCUT2D eigenvalue weighted by molar-refractivity contribution is 0.0940. The van der Waals surface area contributed by atoms with Gasteiger partial charge in [0.05, 0.1) is 17.6 Å². The van der Waals surface area contributed by atoms with Crippen LogP contribution in [0.25, 0.3) is 0 Å². The molecule has 2 N–H and O–H groups in total. The first kappa shape index (κ1) is 22.3. The molecule has 0 fully saturated rings. The van der Waals surface area contributed by atoms with Gasteiger partial charge in [0.25, 0.3) is 5.91 Å². The quantitative estimate of drug-likeness (QED) is 0.701. The predicted octanol–water partition coefficient (Wildman–Crippen LogP) is 3.75. The van der Waals surface area contributed by atoms with E-state index in [2.05, 4.69) is 22.2 Å². The SMILES string of the molecule is COc1ccc(S(=O)(=O)N[C@H](C)c2ccc3c(c2)CCCC3)cc1C(=O)NC(C)C. The van der Waals surface area contributed by atoms with Crippen molar-refractivity contribution in [3.63, 3.8) is 0 Å². The Kier molecular flexibility index (Phi) is 6.83. The maximum Gasteiger partial charge on any atom is 0.255 e. The molecule has 0 saturated heterocycles. The smallest absolute Gasteiger partial charge is 0.255 e. The van der Waals surface area contributed by atoms with E-state index in [1.54, 1.807) is 0 Å². The summed E-state index contributed by atoms with van der Waals surface area (Å²) in [5.74, 6) is -0.0449. The topological polar surface area (TPSA) is 84.5 Å². The maximum atomic E-state index is 13.0. The van der Waals surface area contributed by atoms with Gasteiger partial charge in [0.1, 0.15) is 5.75 Å². The number of ether oxygens (including phenoxy) is 1. The van der Waals surface area contributed by atoms with Gasteiger partial charge in [0, 0.05) is 12.1 Å². The van der Waals surface area contributed by atoms with Gasteiger partial charge in [-0.05, 0) is 81.3 Å². The number of nitrogens with one attached hydrogen (secondary N) is 2. The first-order chi connectivity index (χ1) is 14.2. The van der Waals surface area contributed by atoms with E-state index in [1.807, 2.05) is 26.8 Å². The van der Waals surface area contributed by atoms with E-state index in [0.717, 1.165) is 18.4 Å². The van der Waals surface area contributed by atoms with Gasteiger partial charge >= 0.3 is 0 Å². The van der Waals surface area contributed by atoms with Crippen LogP contribution in [0.1, 0.15) is 66.7 Å². The first-order valence-corrected chi connectivity index (χ1v) is 11.8. The molecule has 30 heavy (non-hydrogen) atoms. The first-order valence-electron chi connectivity index (χ1n) is 10.3. The Morgan fingerprint density at radius 2 is 1.70 bits per heavy atom. The summed E-state index contributed by atoms with van der Waals surface area (Å²) in [6.45, 7) is 5.51. The summed E-state index contributed by atoms with van der Waals surface area (Å²) in [4.78, 5) is 12.5. The number of hydrogen-bond acceptors (Lipinski definition) is 4. The van der Waals surface area contributed by atoms with Crippen molar-refractivity contribution in [2.24, 2.45) is 0 Å². The number of aryl methyl sites for hydroxylation is 2. The molecule has 0 unspecified atom stereocenters. The molecular formula is C23H30N2O4S. The van der Waals surface area contributed by atoms with Crippen LogP contribution >= 0.6 is 0 Å². The summed E-state index contributed by atoms with van der Waals surface area (Å²) in [7, 11) is -2.37. The zero-order chi connectivity index (χ0) is 21.9. The average Bonchev–Trinajstić information content (AvgIpc) is 2.72. The van der Waals surface area contributed by atoms with Crippen molar-refractivity contribution in [1.29, 1.82) is 0 Å². The number of carbonyl (C=O) groups is 1. The highest BCUT2D eigenvalue weighted by Crippen LogP contribution is 2.27. The molecule has 0 spiro atoms. The molecule has 0 aliphatic heterocycles. The summed E-state index contributed by atoms with van der Waals surface area (Å²) in [6.07, 6.45) is 4.50. The van der Waals surface area contributed by atoms with Crippen LogP contribution in [0.15, 0.2) is 41.3 Å². The number of carbonyl (C=O) groups excluding carboxylic acids is 1. The van der Waals surface area contributed by atoms with E-state index in [1.165, 1.54) is 49.3 Å². The largest absolute Gasteiger partial charge is 0.496 e. The second kappa shape index (κ2) is 9.18. The van der Waals surface area contributed by atoms with Crippen molar-refractivity contribution in [2.75, 3.05) is 7.11 Å². The van der Waals surface area contributed by atoms with Crippen LogP contribution < -0.4 is 14.8 Å². The molecule has 1 aliphatic rings. The fourth-order valence-corrected chi connectivity index (χ4v) is 5.02. The van der Waals surface area contributed by atoms with E-state index in [0.29, 0.717) is 5.75 Å².